The quantitative estimate of drug-likeness (QED) is 0.0483. The van der Waals surface area contributed by atoms with Crippen molar-refractivity contribution in [2.45, 2.75) is 83.3 Å². The summed E-state index contributed by atoms with van der Waals surface area (Å²) in [5.41, 5.74) is 0.908. The molecule has 6 rings (SSSR count). The van der Waals surface area contributed by atoms with Gasteiger partial charge in [-0.25, -0.2) is 13.9 Å². The lowest BCUT2D eigenvalue weighted by Crippen LogP contribution is -2.41. The molecule has 1 N–H and O–H groups in total. The van der Waals surface area contributed by atoms with Crippen molar-refractivity contribution < 1.29 is 37.2 Å². The van der Waals surface area contributed by atoms with Gasteiger partial charge in [0.25, 0.3) is 14.4 Å². The van der Waals surface area contributed by atoms with E-state index >= 15 is 4.39 Å². The predicted molar refractivity (Wildman–Crippen MR) is 235 cm³/mol. The molecule has 5 atom stereocenters. The largest absolute Gasteiger partial charge is 0.497 e. The molecule has 0 radical (unpaired) electrons. The molecular weight excluding hydrogens is 813 g/mol. The molecule has 1 fully saturated rings. The monoisotopic (exact) mass is 865 g/mol. The molecule has 1 aliphatic rings. The number of nitriles is 1. The van der Waals surface area contributed by atoms with Gasteiger partial charge in [-0.3, -0.25) is 9.36 Å². The molecular formula is C47H53FN5O8P. The molecule has 1 saturated heterocycles. The van der Waals surface area contributed by atoms with Crippen molar-refractivity contribution in [2.24, 2.45) is 0 Å². The Balaban J connectivity index is 1.43. The third-order valence-electron chi connectivity index (χ3n) is 10.5. The van der Waals surface area contributed by atoms with Crippen LogP contribution in [0, 0.1) is 18.3 Å². The van der Waals surface area contributed by atoms with Crippen LogP contribution < -0.4 is 20.5 Å². The highest BCUT2D eigenvalue weighted by atomic mass is 31.2. The number of alkyl halides is 1. The topological polar surface area (TPSA) is 146 Å². The molecule has 0 aliphatic carbocycles. The van der Waals surface area contributed by atoms with E-state index in [1.807, 2.05) is 111 Å². The third kappa shape index (κ3) is 10.2. The first-order chi connectivity index (χ1) is 29.9. The molecule has 0 saturated carbocycles. The lowest BCUT2D eigenvalue weighted by Gasteiger charge is -2.39. The number of nitrogens with one attached hydrogen (secondary N) is 1. The number of carbonyl (C=O) groups is 1. The lowest BCUT2D eigenvalue weighted by atomic mass is 9.80. The van der Waals surface area contributed by atoms with Crippen molar-refractivity contribution >= 4 is 20.3 Å². The number of methoxy groups -OCH3 is 2. The number of nitrogens with zero attached hydrogens (tertiary/aromatic N) is 4. The Kier molecular flexibility index (Phi) is 15.6. The number of ether oxygens (including phenoxy) is 4. The summed E-state index contributed by atoms with van der Waals surface area (Å²) in [5, 5.41) is 12.1. The molecule has 4 aromatic carbocycles. The fourth-order valence-corrected chi connectivity index (χ4v) is 9.27. The molecule has 1 unspecified atom stereocenters. The Hall–Kier alpha value is -5.52. The summed E-state index contributed by atoms with van der Waals surface area (Å²) < 4.78 is 58.3. The predicted octanol–water partition coefficient (Wildman–Crippen LogP) is 8.73. The van der Waals surface area contributed by atoms with E-state index in [4.69, 9.17) is 28.0 Å². The minimum Gasteiger partial charge on any atom is -0.497 e. The van der Waals surface area contributed by atoms with E-state index in [0.29, 0.717) is 22.6 Å². The first-order valence-corrected chi connectivity index (χ1v) is 21.5. The molecule has 1 amide bonds. The Morgan fingerprint density at radius 1 is 0.903 bits per heavy atom. The van der Waals surface area contributed by atoms with Crippen molar-refractivity contribution in [3.8, 4) is 17.6 Å². The fraction of sp³-hybridized carbons (Fsp3) is 0.362. The van der Waals surface area contributed by atoms with Gasteiger partial charge in [0, 0.05) is 29.4 Å². The number of hydrogen-bond donors (Lipinski definition) is 1. The number of benzene rings is 4. The van der Waals surface area contributed by atoms with E-state index in [1.165, 1.54) is 6.20 Å². The van der Waals surface area contributed by atoms with Gasteiger partial charge in [-0.2, -0.15) is 10.2 Å². The van der Waals surface area contributed by atoms with Crippen molar-refractivity contribution in [1.29, 1.82) is 5.26 Å². The van der Waals surface area contributed by atoms with Gasteiger partial charge in [0.15, 0.2) is 12.4 Å². The zero-order valence-electron chi connectivity index (χ0n) is 35.9. The second-order valence-corrected chi connectivity index (χ2v) is 16.6. The highest BCUT2D eigenvalue weighted by molar-refractivity contribution is 7.44. The summed E-state index contributed by atoms with van der Waals surface area (Å²) in [4.78, 5) is 31.0. The van der Waals surface area contributed by atoms with Crippen LogP contribution in [0.15, 0.2) is 120 Å². The summed E-state index contributed by atoms with van der Waals surface area (Å²) >= 11 is 0. The molecule has 1 aromatic heterocycles. The van der Waals surface area contributed by atoms with Gasteiger partial charge in [-0.05, 0) is 87.7 Å². The number of hydrogen-bond acceptors (Lipinski definition) is 11. The number of carbonyl (C=O) groups excluding carboxylic acids is 1. The zero-order valence-corrected chi connectivity index (χ0v) is 36.8. The Labute approximate surface area is 363 Å². The Morgan fingerprint density at radius 3 is 1.98 bits per heavy atom. The fourth-order valence-electron chi connectivity index (χ4n) is 7.50. The molecule has 326 valence electrons. The molecule has 15 heteroatoms. The van der Waals surface area contributed by atoms with Crippen LogP contribution in [0.25, 0.3) is 0 Å². The van der Waals surface area contributed by atoms with Gasteiger partial charge < -0.3 is 33.3 Å². The van der Waals surface area contributed by atoms with Crippen LogP contribution >= 0.6 is 8.53 Å². The van der Waals surface area contributed by atoms with E-state index in [2.05, 4.69) is 16.4 Å². The minimum atomic E-state index is -1.97. The van der Waals surface area contributed by atoms with E-state index in [1.54, 1.807) is 51.5 Å². The number of anilines is 1. The smallest absolute Gasteiger partial charge is 0.351 e. The molecule has 1 aliphatic heterocycles. The normalized spacial score (nSPS) is 18.2. The van der Waals surface area contributed by atoms with Gasteiger partial charge in [-0.15, -0.1) is 0 Å². The zero-order chi connectivity index (χ0) is 44.4. The average Bonchev–Trinajstić information content (AvgIpc) is 3.59. The standard InChI is InChI=1S/C47H53FN5O8P/c1-31(2)53(32(3)4)62(59-28-14-27-49)61-42-40(60-45(41(42)48)52-29-33(5)43(51-46(52)55)50-44(54)34-15-10-8-11-16-34)30-58-47(35-17-12-9-13-18-35,36-19-23-38(56-6)24-20-36)37-21-25-39(57-7)26-22-37/h8-13,15-26,29,31-32,40-42,45H,14,28,30H2,1-7H3,(H,50,51,54,55)/t40-,41-,42-,45-,62?/m1/s1. The van der Waals surface area contributed by atoms with E-state index in [0.717, 1.165) is 21.3 Å². The van der Waals surface area contributed by atoms with Gasteiger partial charge in [-0.1, -0.05) is 72.8 Å². The summed E-state index contributed by atoms with van der Waals surface area (Å²) in [6.07, 6.45) is -4.40. The first-order valence-electron chi connectivity index (χ1n) is 20.4. The molecule has 0 spiro atoms. The number of rotatable bonds is 19. The minimum absolute atomic E-state index is 0.0340. The SMILES string of the molecule is COc1ccc(C(OC[C@H]2O[C@@H](n3cc(C)c(NC(=O)c4ccccc4)nc3=O)[C@H](F)[C@@H]2OP(OCCC#N)N(C(C)C)C(C)C)(c2ccccc2)c2ccc(OC)cc2)cc1. The molecule has 5 aromatic rings. The second-order valence-electron chi connectivity index (χ2n) is 15.2. The van der Waals surface area contributed by atoms with Crippen molar-refractivity contribution in [3.63, 3.8) is 0 Å². The summed E-state index contributed by atoms with van der Waals surface area (Å²) in [6, 6.07) is 35.1. The van der Waals surface area contributed by atoms with Crippen molar-refractivity contribution in [1.82, 2.24) is 14.2 Å². The van der Waals surface area contributed by atoms with Gasteiger partial charge >= 0.3 is 5.69 Å². The second kappa shape index (κ2) is 21.0. The van der Waals surface area contributed by atoms with Gasteiger partial charge in [0.1, 0.15) is 35.1 Å². The molecule has 0 bridgehead atoms. The van der Waals surface area contributed by atoms with Crippen LogP contribution in [0.2, 0.25) is 0 Å². The maximum absolute atomic E-state index is 17.5. The third-order valence-corrected chi connectivity index (χ3v) is 12.6. The van der Waals surface area contributed by atoms with Crippen LogP contribution in [0.1, 0.15) is 73.0 Å². The number of aromatic nitrogens is 2. The van der Waals surface area contributed by atoms with Crippen LogP contribution in [0.5, 0.6) is 11.5 Å². The van der Waals surface area contributed by atoms with Gasteiger partial charge in [0.05, 0.1) is 39.9 Å². The van der Waals surface area contributed by atoms with Crippen molar-refractivity contribution in [3.05, 3.63) is 154 Å². The number of aryl methyl sites for hydroxylation is 1. The van der Waals surface area contributed by atoms with Crippen LogP contribution in [-0.4, -0.2) is 78.0 Å². The first kappa shape index (κ1) is 46.0. The summed E-state index contributed by atoms with van der Waals surface area (Å²) in [5.74, 6) is 0.869. The Morgan fingerprint density at radius 2 is 1.45 bits per heavy atom. The van der Waals surface area contributed by atoms with E-state index in [9.17, 15) is 14.9 Å². The highest BCUT2D eigenvalue weighted by Gasteiger charge is 2.51. The van der Waals surface area contributed by atoms with Crippen LogP contribution in [-0.2, 0) is 24.1 Å². The average molecular weight is 866 g/mol. The molecule has 62 heavy (non-hydrogen) atoms. The van der Waals surface area contributed by atoms with Crippen molar-refractivity contribution in [2.75, 3.05) is 32.8 Å². The Bertz CT molecular complexity index is 2270. The van der Waals surface area contributed by atoms with E-state index in [-0.39, 0.29) is 37.5 Å². The summed E-state index contributed by atoms with van der Waals surface area (Å²) in [7, 11) is 1.22. The maximum atomic E-state index is 17.5. The summed E-state index contributed by atoms with van der Waals surface area (Å²) in [6.45, 7) is 9.42. The highest BCUT2D eigenvalue weighted by Crippen LogP contribution is 2.51. The number of amides is 1. The molecule has 2 heterocycles. The van der Waals surface area contributed by atoms with E-state index < -0.39 is 50.3 Å². The van der Waals surface area contributed by atoms with Crippen LogP contribution in [0.4, 0.5) is 10.2 Å². The molecule has 13 nitrogen and oxygen atoms in total. The van der Waals surface area contributed by atoms with Gasteiger partial charge in [0.2, 0.25) is 0 Å². The number of halogens is 1. The maximum Gasteiger partial charge on any atom is 0.351 e. The lowest BCUT2D eigenvalue weighted by molar-refractivity contribution is -0.0934. The van der Waals surface area contributed by atoms with Crippen LogP contribution in [0.3, 0.4) is 0 Å².